The maximum atomic E-state index is 13.2. The van der Waals surface area contributed by atoms with Crippen LogP contribution in [0, 0.1) is 5.82 Å². The summed E-state index contributed by atoms with van der Waals surface area (Å²) in [5.41, 5.74) is 1.43. The third-order valence-electron chi connectivity index (χ3n) is 3.55. The van der Waals surface area contributed by atoms with E-state index in [1.807, 2.05) is 12.1 Å². The fraction of sp³-hybridized carbons (Fsp3) is 0.105. The first-order chi connectivity index (χ1) is 12.6. The monoisotopic (exact) mass is 352 g/mol. The Bertz CT molecular complexity index is 883. The molecule has 3 rings (SSSR count). The van der Waals surface area contributed by atoms with Gasteiger partial charge in [0.15, 0.2) is 11.6 Å². The summed E-state index contributed by atoms with van der Waals surface area (Å²) in [6.07, 6.45) is 0.217. The van der Waals surface area contributed by atoms with Crippen LogP contribution in [0.25, 0.3) is 0 Å². The minimum absolute atomic E-state index is 0.199. The Morgan fingerprint density at radius 3 is 2.42 bits per heavy atom. The Morgan fingerprint density at radius 1 is 1.04 bits per heavy atom. The van der Waals surface area contributed by atoms with Gasteiger partial charge in [0.25, 0.3) is 0 Å². The number of hydrogen-bond donors (Lipinski definition) is 2. The van der Waals surface area contributed by atoms with Crippen LogP contribution < -0.4 is 15.4 Å². The molecule has 3 aromatic rings. The normalized spacial score (nSPS) is 10.2. The summed E-state index contributed by atoms with van der Waals surface area (Å²) < 4.78 is 18.3. The van der Waals surface area contributed by atoms with Crippen LogP contribution in [0.1, 0.15) is 5.56 Å². The van der Waals surface area contributed by atoms with Crippen molar-refractivity contribution in [3.8, 4) is 5.75 Å². The largest absolute Gasteiger partial charge is 0.497 e. The van der Waals surface area contributed by atoms with Gasteiger partial charge < -0.3 is 15.4 Å². The highest BCUT2D eigenvalue weighted by Crippen LogP contribution is 2.16. The molecule has 1 aromatic heterocycles. The van der Waals surface area contributed by atoms with E-state index in [2.05, 4.69) is 20.8 Å². The van der Waals surface area contributed by atoms with Gasteiger partial charge in [-0.05, 0) is 48.0 Å². The summed E-state index contributed by atoms with van der Waals surface area (Å²) in [5, 5.41) is 13.5. The van der Waals surface area contributed by atoms with E-state index in [-0.39, 0.29) is 18.1 Å². The van der Waals surface area contributed by atoms with Crippen LogP contribution in [0.5, 0.6) is 5.75 Å². The number of anilines is 3. The first-order valence-electron chi connectivity index (χ1n) is 7.91. The van der Waals surface area contributed by atoms with Crippen molar-refractivity contribution >= 4 is 23.2 Å². The number of benzene rings is 2. The fourth-order valence-corrected chi connectivity index (χ4v) is 2.30. The Labute approximate surface area is 150 Å². The van der Waals surface area contributed by atoms with Crippen molar-refractivity contribution in [2.45, 2.75) is 6.42 Å². The number of aromatic nitrogens is 2. The number of carbonyl (C=O) groups excluding carboxylic acids is 1. The number of methoxy groups -OCH3 is 1. The predicted molar refractivity (Wildman–Crippen MR) is 97.0 cm³/mol. The molecule has 0 saturated carbocycles. The van der Waals surface area contributed by atoms with Crippen molar-refractivity contribution in [3.05, 3.63) is 72.0 Å². The maximum Gasteiger partial charge on any atom is 0.229 e. The Balaban J connectivity index is 1.57. The Kier molecular flexibility index (Phi) is 5.38. The van der Waals surface area contributed by atoms with Crippen molar-refractivity contribution in [1.82, 2.24) is 10.2 Å². The second kappa shape index (κ2) is 8.06. The van der Waals surface area contributed by atoms with Crippen molar-refractivity contribution in [3.63, 3.8) is 0 Å². The molecule has 7 heteroatoms. The SMILES string of the molecule is COc1ccc(CC(=O)Nc2ccc(Nc3cccc(F)c3)nn2)cc1. The van der Waals surface area contributed by atoms with Gasteiger partial charge in [-0.15, -0.1) is 10.2 Å². The van der Waals surface area contributed by atoms with Crippen LogP contribution in [-0.4, -0.2) is 23.2 Å². The number of amides is 1. The van der Waals surface area contributed by atoms with E-state index in [4.69, 9.17) is 4.74 Å². The average molecular weight is 352 g/mol. The number of hydrogen-bond acceptors (Lipinski definition) is 5. The lowest BCUT2D eigenvalue weighted by Gasteiger charge is -2.07. The molecular formula is C19H17FN4O2. The van der Waals surface area contributed by atoms with Gasteiger partial charge in [0, 0.05) is 5.69 Å². The molecule has 2 N–H and O–H groups in total. The molecule has 6 nitrogen and oxygen atoms in total. The van der Waals surface area contributed by atoms with Crippen LogP contribution in [0.15, 0.2) is 60.7 Å². The molecule has 0 saturated heterocycles. The Hall–Kier alpha value is -3.48. The summed E-state index contributed by atoms with van der Waals surface area (Å²) >= 11 is 0. The maximum absolute atomic E-state index is 13.2. The van der Waals surface area contributed by atoms with E-state index < -0.39 is 0 Å². The third-order valence-corrected chi connectivity index (χ3v) is 3.55. The summed E-state index contributed by atoms with van der Waals surface area (Å²) in [6, 6.07) is 16.6. The van der Waals surface area contributed by atoms with Gasteiger partial charge in [0.05, 0.1) is 13.5 Å². The molecule has 0 aliphatic heterocycles. The first-order valence-corrected chi connectivity index (χ1v) is 7.91. The van der Waals surface area contributed by atoms with Gasteiger partial charge in [-0.25, -0.2) is 4.39 Å². The van der Waals surface area contributed by atoms with E-state index >= 15 is 0 Å². The zero-order valence-electron chi connectivity index (χ0n) is 14.1. The molecule has 0 bridgehead atoms. The lowest BCUT2D eigenvalue weighted by molar-refractivity contribution is -0.115. The van der Waals surface area contributed by atoms with Gasteiger partial charge in [-0.2, -0.15) is 0 Å². The lowest BCUT2D eigenvalue weighted by Crippen LogP contribution is -2.15. The van der Waals surface area contributed by atoms with Gasteiger partial charge >= 0.3 is 0 Å². The number of halogens is 1. The zero-order chi connectivity index (χ0) is 18.4. The highest BCUT2D eigenvalue weighted by Gasteiger charge is 2.06. The van der Waals surface area contributed by atoms with Crippen LogP contribution in [0.2, 0.25) is 0 Å². The molecule has 1 heterocycles. The number of rotatable bonds is 6. The minimum atomic E-state index is -0.342. The third kappa shape index (κ3) is 4.76. The lowest BCUT2D eigenvalue weighted by atomic mass is 10.1. The average Bonchev–Trinajstić information content (AvgIpc) is 2.64. The van der Waals surface area contributed by atoms with Crippen molar-refractivity contribution in [1.29, 1.82) is 0 Å². The number of nitrogens with zero attached hydrogens (tertiary/aromatic N) is 2. The van der Waals surface area contributed by atoms with E-state index in [1.165, 1.54) is 12.1 Å². The number of carbonyl (C=O) groups is 1. The van der Waals surface area contributed by atoms with Crippen molar-refractivity contribution in [2.24, 2.45) is 0 Å². The molecule has 2 aromatic carbocycles. The van der Waals surface area contributed by atoms with Crippen LogP contribution >= 0.6 is 0 Å². The Morgan fingerprint density at radius 2 is 1.77 bits per heavy atom. The topological polar surface area (TPSA) is 76.1 Å². The van der Waals surface area contributed by atoms with Crippen LogP contribution in [-0.2, 0) is 11.2 Å². The molecule has 1 amide bonds. The van der Waals surface area contributed by atoms with Crippen LogP contribution in [0.4, 0.5) is 21.7 Å². The second-order valence-electron chi connectivity index (χ2n) is 5.51. The highest BCUT2D eigenvalue weighted by atomic mass is 19.1. The number of nitrogens with one attached hydrogen (secondary N) is 2. The van der Waals surface area contributed by atoms with Crippen molar-refractivity contribution < 1.29 is 13.9 Å². The minimum Gasteiger partial charge on any atom is -0.497 e. The molecule has 0 radical (unpaired) electrons. The van der Waals surface area contributed by atoms with E-state index in [0.717, 1.165) is 11.3 Å². The van der Waals surface area contributed by atoms with Crippen molar-refractivity contribution in [2.75, 3.05) is 17.7 Å². The van der Waals surface area contributed by atoms with Gasteiger partial charge in [-0.1, -0.05) is 18.2 Å². The molecule has 0 unspecified atom stereocenters. The predicted octanol–water partition coefficient (Wildman–Crippen LogP) is 3.55. The highest BCUT2D eigenvalue weighted by molar-refractivity contribution is 5.91. The molecule has 132 valence electrons. The molecule has 0 atom stereocenters. The number of ether oxygens (including phenoxy) is 1. The molecule has 0 aliphatic carbocycles. The summed E-state index contributed by atoms with van der Waals surface area (Å²) in [6.45, 7) is 0. The standard InChI is InChI=1S/C19H17FN4O2/c1-26-16-7-5-13(6-8-16)11-19(25)22-18-10-9-17(23-24-18)21-15-4-2-3-14(20)12-15/h2-10,12H,11H2,1H3,(H,21,23)(H,22,24,25). The molecular weight excluding hydrogens is 335 g/mol. The quantitative estimate of drug-likeness (QED) is 0.709. The van der Waals surface area contributed by atoms with E-state index in [1.54, 1.807) is 43.5 Å². The fourth-order valence-electron chi connectivity index (χ4n) is 2.30. The first kappa shape index (κ1) is 17.3. The molecule has 0 aliphatic rings. The molecule has 26 heavy (non-hydrogen) atoms. The van der Waals surface area contributed by atoms with Gasteiger partial charge in [-0.3, -0.25) is 4.79 Å². The summed E-state index contributed by atoms with van der Waals surface area (Å²) in [7, 11) is 1.59. The zero-order valence-corrected chi connectivity index (χ0v) is 14.1. The van der Waals surface area contributed by atoms with Crippen LogP contribution in [0.3, 0.4) is 0 Å². The van der Waals surface area contributed by atoms with E-state index in [9.17, 15) is 9.18 Å². The summed E-state index contributed by atoms with van der Waals surface area (Å²) in [5.74, 6) is 0.985. The van der Waals surface area contributed by atoms with E-state index in [0.29, 0.717) is 17.3 Å². The molecule has 0 fully saturated rings. The van der Waals surface area contributed by atoms with Gasteiger partial charge in [0.1, 0.15) is 11.6 Å². The van der Waals surface area contributed by atoms with Gasteiger partial charge in [0.2, 0.25) is 5.91 Å². The second-order valence-corrected chi connectivity index (χ2v) is 5.51. The molecule has 0 spiro atoms. The smallest absolute Gasteiger partial charge is 0.229 e. The summed E-state index contributed by atoms with van der Waals surface area (Å²) in [4.78, 5) is 12.1.